The highest BCUT2D eigenvalue weighted by Crippen LogP contribution is 2.39. The second kappa shape index (κ2) is 10.9. The van der Waals surface area contributed by atoms with Gasteiger partial charge >= 0.3 is 0 Å². The molecule has 0 radical (unpaired) electrons. The van der Waals surface area contributed by atoms with Crippen LogP contribution in [-0.2, 0) is 9.53 Å². The van der Waals surface area contributed by atoms with Gasteiger partial charge in [0.25, 0.3) is 0 Å². The molecule has 9 nitrogen and oxygen atoms in total. The number of guanidine groups is 1. The van der Waals surface area contributed by atoms with Gasteiger partial charge in [-0.1, -0.05) is 0 Å². The first-order chi connectivity index (χ1) is 16.9. The smallest absolute Gasteiger partial charge is 0.224 e. The van der Waals surface area contributed by atoms with Gasteiger partial charge in [-0.3, -0.25) is 9.36 Å². The second-order valence-corrected chi connectivity index (χ2v) is 9.00. The Morgan fingerprint density at radius 3 is 2.57 bits per heavy atom. The minimum atomic E-state index is -0.601. The number of imidazole rings is 1. The molecule has 0 spiro atoms. The number of ether oxygens (including phenoxy) is 1. The molecule has 2 heterocycles. The zero-order chi connectivity index (χ0) is 24.9. The van der Waals surface area contributed by atoms with Crippen LogP contribution in [0.5, 0.6) is 0 Å². The molecule has 1 aliphatic heterocycles. The molecule has 4 rings (SSSR count). The summed E-state index contributed by atoms with van der Waals surface area (Å²) in [5.41, 5.74) is 6.08. The maximum atomic E-state index is 14.4. The summed E-state index contributed by atoms with van der Waals surface area (Å²) in [5.74, 6) is -0.423. The molecule has 2 aromatic rings. The summed E-state index contributed by atoms with van der Waals surface area (Å²) in [6, 6.07) is 3.30. The highest BCUT2D eigenvalue weighted by molar-refractivity contribution is 5.86. The standard InChI is InChI=1S/C24H31F2N7O2/c1-14-22(32-23(28-2)30-17-9-11-35-12-10-17)33(18-6-3-15(4-7-18)21(27)34)24(29-14)31-20-13-16(25)5-8-19(20)26/h5,8,13,15,17-18H,2-4,6-7,9-12H2,1H3,(H2,27,34)(H,29,31)(H,30,32)/t15-,18+. The Bertz CT molecular complexity index is 1100. The molecule has 188 valence electrons. The van der Waals surface area contributed by atoms with Gasteiger partial charge in [-0.2, -0.15) is 4.99 Å². The van der Waals surface area contributed by atoms with Crippen molar-refractivity contribution in [2.75, 3.05) is 18.5 Å². The molecular formula is C24H31F2N7O2. The highest BCUT2D eigenvalue weighted by Gasteiger charge is 2.30. The number of hydrogen-bond acceptors (Lipinski definition) is 5. The number of hydrogen-bond donors (Lipinski definition) is 3. The summed E-state index contributed by atoms with van der Waals surface area (Å²) in [4.78, 5) is 25.1. The molecule has 0 bridgehead atoms. The van der Waals surface area contributed by atoms with Crippen LogP contribution in [0.25, 0.3) is 0 Å². The average molecular weight is 488 g/mol. The average Bonchev–Trinajstić information content (AvgIpc) is 3.15. The number of carbonyl (C=O) groups excluding carboxylic acids is 1. The Kier molecular flexibility index (Phi) is 7.74. The monoisotopic (exact) mass is 487 g/mol. The van der Waals surface area contributed by atoms with Crippen molar-refractivity contribution in [3.8, 4) is 0 Å². The van der Waals surface area contributed by atoms with Crippen molar-refractivity contribution in [3.63, 3.8) is 0 Å². The Labute approximate surface area is 202 Å². The van der Waals surface area contributed by atoms with E-state index in [0.29, 0.717) is 62.3 Å². The lowest BCUT2D eigenvalue weighted by Crippen LogP contribution is -2.38. The van der Waals surface area contributed by atoms with Crippen LogP contribution in [-0.4, -0.2) is 47.4 Å². The van der Waals surface area contributed by atoms with Crippen LogP contribution in [0.2, 0.25) is 0 Å². The number of aliphatic imine (C=N–C) groups is 2. The number of nitrogens with two attached hydrogens (primary N) is 1. The Balaban J connectivity index is 1.70. The number of nitrogens with one attached hydrogen (secondary N) is 2. The molecule has 2 aliphatic rings. The first-order valence-corrected chi connectivity index (χ1v) is 11.9. The molecule has 1 aromatic carbocycles. The summed E-state index contributed by atoms with van der Waals surface area (Å²) in [6.45, 7) is 6.78. The van der Waals surface area contributed by atoms with Gasteiger partial charge in [0.1, 0.15) is 11.6 Å². The van der Waals surface area contributed by atoms with Crippen molar-refractivity contribution in [1.29, 1.82) is 0 Å². The van der Waals surface area contributed by atoms with Crippen molar-refractivity contribution >= 4 is 36.0 Å². The van der Waals surface area contributed by atoms with Gasteiger partial charge in [0.15, 0.2) is 5.82 Å². The molecule has 1 saturated heterocycles. The van der Waals surface area contributed by atoms with Crippen LogP contribution in [0.3, 0.4) is 0 Å². The van der Waals surface area contributed by atoms with Crippen LogP contribution in [0.1, 0.15) is 50.3 Å². The molecule has 11 heteroatoms. The van der Waals surface area contributed by atoms with E-state index in [2.05, 4.69) is 27.3 Å². The van der Waals surface area contributed by atoms with E-state index in [1.807, 2.05) is 4.57 Å². The van der Waals surface area contributed by atoms with E-state index in [-0.39, 0.29) is 29.6 Å². The maximum Gasteiger partial charge on any atom is 0.224 e. The molecule has 0 unspecified atom stereocenters. The Hall–Kier alpha value is -3.34. The van der Waals surface area contributed by atoms with Crippen LogP contribution in [0.15, 0.2) is 28.2 Å². The fourth-order valence-electron chi connectivity index (χ4n) is 4.68. The van der Waals surface area contributed by atoms with Gasteiger partial charge in [0, 0.05) is 37.3 Å². The van der Waals surface area contributed by atoms with E-state index in [1.54, 1.807) is 6.92 Å². The number of rotatable bonds is 6. The number of benzene rings is 1. The number of anilines is 2. The summed E-state index contributed by atoms with van der Waals surface area (Å²) < 4.78 is 35.5. The van der Waals surface area contributed by atoms with Crippen LogP contribution >= 0.6 is 0 Å². The van der Waals surface area contributed by atoms with Gasteiger partial charge in [0.2, 0.25) is 17.8 Å². The summed E-state index contributed by atoms with van der Waals surface area (Å²) >= 11 is 0. The fourth-order valence-corrected chi connectivity index (χ4v) is 4.68. The van der Waals surface area contributed by atoms with Crippen LogP contribution in [0.4, 0.5) is 26.2 Å². The predicted molar refractivity (Wildman–Crippen MR) is 130 cm³/mol. The Morgan fingerprint density at radius 1 is 1.20 bits per heavy atom. The molecule has 1 aliphatic carbocycles. The highest BCUT2D eigenvalue weighted by atomic mass is 19.1. The zero-order valence-electron chi connectivity index (χ0n) is 19.8. The number of nitrogens with zero attached hydrogens (tertiary/aromatic N) is 4. The third kappa shape index (κ3) is 5.84. The summed E-state index contributed by atoms with van der Waals surface area (Å²) in [7, 11) is 0. The quantitative estimate of drug-likeness (QED) is 0.422. The predicted octanol–water partition coefficient (Wildman–Crippen LogP) is 3.89. The SMILES string of the molecule is C=N/C(=N\c1c(C)nc(Nc2cc(F)ccc2F)n1[C@H]1CC[C@@H](C(N)=O)CC1)NC1CCOCC1. The van der Waals surface area contributed by atoms with Gasteiger partial charge in [-0.15, -0.1) is 0 Å². The lowest BCUT2D eigenvalue weighted by atomic mass is 9.85. The van der Waals surface area contributed by atoms with Crippen molar-refractivity contribution in [2.24, 2.45) is 21.6 Å². The van der Waals surface area contributed by atoms with E-state index >= 15 is 0 Å². The summed E-state index contributed by atoms with van der Waals surface area (Å²) in [6.07, 6.45) is 4.24. The molecule has 1 aromatic heterocycles. The first-order valence-electron chi connectivity index (χ1n) is 11.9. The largest absolute Gasteiger partial charge is 0.381 e. The third-order valence-electron chi connectivity index (χ3n) is 6.61. The topological polar surface area (TPSA) is 119 Å². The van der Waals surface area contributed by atoms with E-state index in [0.717, 1.165) is 31.0 Å². The lowest BCUT2D eigenvalue weighted by Gasteiger charge is -2.29. The minimum Gasteiger partial charge on any atom is -0.381 e. The van der Waals surface area contributed by atoms with E-state index in [9.17, 15) is 13.6 Å². The molecule has 1 amide bonds. The number of aryl methyl sites for hydroxylation is 1. The number of carbonyl (C=O) groups is 1. The molecule has 35 heavy (non-hydrogen) atoms. The maximum absolute atomic E-state index is 14.4. The second-order valence-electron chi connectivity index (χ2n) is 9.00. The van der Waals surface area contributed by atoms with Crippen molar-refractivity contribution < 1.29 is 18.3 Å². The van der Waals surface area contributed by atoms with Crippen molar-refractivity contribution in [3.05, 3.63) is 35.5 Å². The number of amides is 1. The van der Waals surface area contributed by atoms with Gasteiger partial charge in [-0.25, -0.2) is 18.8 Å². The van der Waals surface area contributed by atoms with Crippen molar-refractivity contribution in [1.82, 2.24) is 14.9 Å². The molecular weight excluding hydrogens is 456 g/mol. The zero-order valence-corrected chi connectivity index (χ0v) is 19.8. The first kappa shape index (κ1) is 24.8. The summed E-state index contributed by atoms with van der Waals surface area (Å²) in [5, 5.41) is 6.26. The van der Waals surface area contributed by atoms with E-state index < -0.39 is 11.6 Å². The van der Waals surface area contributed by atoms with Crippen molar-refractivity contribution in [2.45, 2.75) is 57.5 Å². The fraction of sp³-hybridized carbons (Fsp3) is 0.500. The number of aromatic nitrogens is 2. The van der Waals surface area contributed by atoms with E-state index in [4.69, 9.17) is 15.5 Å². The van der Waals surface area contributed by atoms with Gasteiger partial charge in [-0.05, 0) is 64.3 Å². The third-order valence-corrected chi connectivity index (χ3v) is 6.61. The normalized spacial score (nSPS) is 21.5. The molecule has 2 fully saturated rings. The molecule has 0 atom stereocenters. The molecule has 1 saturated carbocycles. The van der Waals surface area contributed by atoms with Crippen LogP contribution < -0.4 is 16.4 Å². The molecule has 4 N–H and O–H groups in total. The number of halogens is 2. The number of primary amides is 1. The van der Waals surface area contributed by atoms with Crippen LogP contribution in [0, 0.1) is 24.5 Å². The minimum absolute atomic E-state index is 0.0278. The van der Waals surface area contributed by atoms with E-state index in [1.165, 1.54) is 0 Å². The lowest BCUT2D eigenvalue weighted by molar-refractivity contribution is -0.122. The van der Waals surface area contributed by atoms with Gasteiger partial charge < -0.3 is 21.1 Å². The Morgan fingerprint density at radius 2 is 1.91 bits per heavy atom. The van der Waals surface area contributed by atoms with Gasteiger partial charge in [0.05, 0.1) is 11.4 Å².